The molecule has 0 bridgehead atoms. The summed E-state index contributed by atoms with van der Waals surface area (Å²) in [4.78, 5) is 5.55. The van der Waals surface area contributed by atoms with Crippen LogP contribution in [0.1, 0.15) is 28.3 Å². The minimum atomic E-state index is 0.187. The molecule has 0 amide bonds. The van der Waals surface area contributed by atoms with E-state index in [0.29, 0.717) is 0 Å². The van der Waals surface area contributed by atoms with E-state index in [0.717, 1.165) is 16.3 Å². The lowest BCUT2D eigenvalue weighted by Gasteiger charge is -2.01. The monoisotopic (exact) mass is 233 g/mol. The number of hydrogen-bond acceptors (Lipinski definition) is 3. The fourth-order valence-electron chi connectivity index (χ4n) is 1.49. The SMILES string of the molecule is CC(CO)c1cnc(Cc2ccccc2)s1. The highest BCUT2D eigenvalue weighted by Gasteiger charge is 2.08. The van der Waals surface area contributed by atoms with Crippen LogP contribution in [-0.4, -0.2) is 16.7 Å². The maximum atomic E-state index is 9.07. The summed E-state index contributed by atoms with van der Waals surface area (Å²) in [6, 6.07) is 10.3. The van der Waals surface area contributed by atoms with Gasteiger partial charge in [-0.25, -0.2) is 4.98 Å². The summed E-state index contributed by atoms with van der Waals surface area (Å²) in [5.41, 5.74) is 1.28. The van der Waals surface area contributed by atoms with Crippen LogP contribution < -0.4 is 0 Å². The summed E-state index contributed by atoms with van der Waals surface area (Å²) in [5, 5.41) is 10.2. The number of thiazole rings is 1. The average molecular weight is 233 g/mol. The Balaban J connectivity index is 2.09. The molecule has 0 saturated carbocycles. The van der Waals surface area contributed by atoms with Crippen molar-refractivity contribution < 1.29 is 5.11 Å². The van der Waals surface area contributed by atoms with Gasteiger partial charge < -0.3 is 5.11 Å². The number of benzene rings is 1. The maximum absolute atomic E-state index is 9.07. The van der Waals surface area contributed by atoms with E-state index in [1.807, 2.05) is 31.3 Å². The second-order valence-corrected chi connectivity index (χ2v) is 5.05. The first-order valence-electron chi connectivity index (χ1n) is 5.39. The Morgan fingerprint density at radius 1 is 1.31 bits per heavy atom. The molecule has 0 saturated heterocycles. The Kier molecular flexibility index (Phi) is 3.70. The summed E-state index contributed by atoms with van der Waals surface area (Å²) in [7, 11) is 0. The van der Waals surface area contributed by atoms with Crippen molar-refractivity contribution in [3.8, 4) is 0 Å². The fraction of sp³-hybridized carbons (Fsp3) is 0.308. The minimum absolute atomic E-state index is 0.187. The van der Waals surface area contributed by atoms with E-state index in [2.05, 4.69) is 17.1 Å². The first-order valence-corrected chi connectivity index (χ1v) is 6.20. The van der Waals surface area contributed by atoms with Gasteiger partial charge in [-0.15, -0.1) is 11.3 Å². The number of nitrogens with zero attached hydrogens (tertiary/aromatic N) is 1. The predicted octanol–water partition coefficient (Wildman–Crippen LogP) is 2.83. The molecule has 0 radical (unpaired) electrons. The smallest absolute Gasteiger partial charge is 0.0971 e. The van der Waals surface area contributed by atoms with Gasteiger partial charge in [-0.3, -0.25) is 0 Å². The number of aliphatic hydroxyl groups is 1. The molecular formula is C13H15NOS. The fourth-order valence-corrected chi connectivity index (χ4v) is 2.49. The van der Waals surface area contributed by atoms with Crippen molar-refractivity contribution in [3.05, 3.63) is 52.0 Å². The topological polar surface area (TPSA) is 33.1 Å². The van der Waals surface area contributed by atoms with Gasteiger partial charge >= 0.3 is 0 Å². The molecule has 0 aliphatic carbocycles. The first-order chi connectivity index (χ1) is 7.79. The quantitative estimate of drug-likeness (QED) is 0.881. The van der Waals surface area contributed by atoms with Crippen LogP contribution >= 0.6 is 11.3 Å². The molecule has 1 aromatic carbocycles. The molecule has 1 unspecified atom stereocenters. The van der Waals surface area contributed by atoms with Crippen LogP contribution in [0.25, 0.3) is 0 Å². The molecule has 0 aliphatic rings. The molecule has 2 nitrogen and oxygen atoms in total. The third kappa shape index (κ3) is 2.68. The van der Waals surface area contributed by atoms with E-state index in [4.69, 9.17) is 5.11 Å². The van der Waals surface area contributed by atoms with Crippen molar-refractivity contribution in [1.82, 2.24) is 4.98 Å². The van der Waals surface area contributed by atoms with Gasteiger partial charge in [-0.1, -0.05) is 37.3 Å². The standard InChI is InChI=1S/C13H15NOS/c1-10(9-15)12-8-14-13(16-12)7-11-5-3-2-4-6-11/h2-6,8,10,15H,7,9H2,1H3. The highest BCUT2D eigenvalue weighted by atomic mass is 32.1. The van der Waals surface area contributed by atoms with Gasteiger partial charge in [0.2, 0.25) is 0 Å². The molecule has 1 heterocycles. The van der Waals surface area contributed by atoms with Crippen LogP contribution in [0.3, 0.4) is 0 Å². The van der Waals surface area contributed by atoms with Crippen LogP contribution in [0.15, 0.2) is 36.5 Å². The Bertz CT molecular complexity index is 438. The molecule has 1 aromatic heterocycles. The van der Waals surface area contributed by atoms with Gasteiger partial charge in [0.1, 0.15) is 0 Å². The van der Waals surface area contributed by atoms with E-state index in [1.54, 1.807) is 11.3 Å². The number of rotatable bonds is 4. The van der Waals surface area contributed by atoms with E-state index in [9.17, 15) is 0 Å². The summed E-state index contributed by atoms with van der Waals surface area (Å²) in [5.74, 6) is 0.196. The van der Waals surface area contributed by atoms with Crippen LogP contribution in [0.2, 0.25) is 0 Å². The van der Waals surface area contributed by atoms with Crippen LogP contribution in [0, 0.1) is 0 Å². The second-order valence-electron chi connectivity index (χ2n) is 3.90. The highest BCUT2D eigenvalue weighted by Crippen LogP contribution is 2.23. The lowest BCUT2D eigenvalue weighted by molar-refractivity contribution is 0.274. The average Bonchev–Trinajstić information content (AvgIpc) is 2.78. The maximum Gasteiger partial charge on any atom is 0.0971 e. The number of aliphatic hydroxyl groups excluding tert-OH is 1. The Morgan fingerprint density at radius 2 is 2.06 bits per heavy atom. The number of hydrogen-bond donors (Lipinski definition) is 1. The van der Waals surface area contributed by atoms with Crippen LogP contribution in [0.4, 0.5) is 0 Å². The van der Waals surface area contributed by atoms with Gasteiger partial charge in [0.05, 0.1) is 11.6 Å². The molecule has 2 aromatic rings. The summed E-state index contributed by atoms with van der Waals surface area (Å²) >= 11 is 1.69. The zero-order valence-electron chi connectivity index (χ0n) is 9.26. The third-order valence-corrected chi connectivity index (χ3v) is 3.76. The molecule has 0 aliphatic heterocycles. The molecule has 0 spiro atoms. The molecule has 16 heavy (non-hydrogen) atoms. The summed E-state index contributed by atoms with van der Waals surface area (Å²) in [6.07, 6.45) is 2.76. The molecule has 2 rings (SSSR count). The van der Waals surface area contributed by atoms with Crippen molar-refractivity contribution in [1.29, 1.82) is 0 Å². The zero-order valence-corrected chi connectivity index (χ0v) is 10.1. The second kappa shape index (κ2) is 5.23. The first kappa shape index (κ1) is 11.3. The third-order valence-electron chi connectivity index (χ3n) is 2.53. The lowest BCUT2D eigenvalue weighted by Crippen LogP contribution is -1.94. The molecule has 84 valence electrons. The predicted molar refractivity (Wildman–Crippen MR) is 66.9 cm³/mol. The molecular weight excluding hydrogens is 218 g/mol. The minimum Gasteiger partial charge on any atom is -0.396 e. The van der Waals surface area contributed by atoms with Crippen molar-refractivity contribution in [2.24, 2.45) is 0 Å². The van der Waals surface area contributed by atoms with E-state index in [-0.39, 0.29) is 12.5 Å². The highest BCUT2D eigenvalue weighted by molar-refractivity contribution is 7.11. The van der Waals surface area contributed by atoms with Crippen molar-refractivity contribution in [3.63, 3.8) is 0 Å². The Morgan fingerprint density at radius 3 is 2.75 bits per heavy atom. The van der Waals surface area contributed by atoms with Gasteiger partial charge in [0.15, 0.2) is 0 Å². The Hall–Kier alpha value is -1.19. The largest absolute Gasteiger partial charge is 0.396 e. The van der Waals surface area contributed by atoms with E-state index in [1.165, 1.54) is 5.56 Å². The summed E-state index contributed by atoms with van der Waals surface area (Å²) in [6.45, 7) is 2.20. The van der Waals surface area contributed by atoms with Crippen LogP contribution in [0.5, 0.6) is 0 Å². The van der Waals surface area contributed by atoms with E-state index >= 15 is 0 Å². The van der Waals surface area contributed by atoms with Gasteiger partial charge in [-0.2, -0.15) is 0 Å². The van der Waals surface area contributed by atoms with E-state index < -0.39 is 0 Å². The van der Waals surface area contributed by atoms with Crippen molar-refractivity contribution in [2.45, 2.75) is 19.3 Å². The molecule has 1 N–H and O–H groups in total. The van der Waals surface area contributed by atoms with Gasteiger partial charge in [-0.05, 0) is 5.56 Å². The molecule has 0 fully saturated rings. The van der Waals surface area contributed by atoms with Gasteiger partial charge in [0, 0.05) is 23.4 Å². The van der Waals surface area contributed by atoms with Crippen molar-refractivity contribution in [2.75, 3.05) is 6.61 Å². The number of aromatic nitrogens is 1. The van der Waals surface area contributed by atoms with Crippen LogP contribution in [-0.2, 0) is 6.42 Å². The molecule has 3 heteroatoms. The Labute approximate surface area is 99.6 Å². The zero-order chi connectivity index (χ0) is 11.4. The van der Waals surface area contributed by atoms with Gasteiger partial charge in [0.25, 0.3) is 0 Å². The normalized spacial score (nSPS) is 12.6. The van der Waals surface area contributed by atoms with Crippen molar-refractivity contribution >= 4 is 11.3 Å². The lowest BCUT2D eigenvalue weighted by atomic mass is 10.2. The summed E-state index contributed by atoms with van der Waals surface area (Å²) < 4.78 is 0. The molecule has 1 atom stereocenters.